The molecule has 12 heteroatoms. The van der Waals surface area contributed by atoms with Gasteiger partial charge in [0.05, 0.1) is 0 Å². The zero-order valence-electron chi connectivity index (χ0n) is 64.5. The van der Waals surface area contributed by atoms with Crippen molar-refractivity contribution in [2.45, 2.75) is 144 Å². The molecule has 0 N–H and O–H groups in total. The second-order valence-corrected chi connectivity index (χ2v) is 41.5. The highest BCUT2D eigenvalue weighted by atomic mass is 32.1. The Morgan fingerprint density at radius 1 is 0.209 bits per heavy atom. The van der Waals surface area contributed by atoms with E-state index >= 15 is 0 Å². The van der Waals surface area contributed by atoms with Crippen molar-refractivity contribution in [2.75, 3.05) is 9.80 Å². The second kappa shape index (κ2) is 34.9. The SMILES string of the molecule is CCCCCCc1ccc(-c2ccc(-c3ccc(-c4ccc(-c5ccc(-c6ccc(N(c7ccc(C)cc7)c7ccc(C(C)(C)C)cc7)cc6)s5)s4)s3)s2)s1.CCCCCCc1ccc(-c2ccc(-c3ccc(-c4ccc(-c5ccc(-c6ccc(N(c7ccc(C)cc7)c7ccc(C(C)(C)C)cc7)cc6)s5)s4)s3)s2)s1. The quantitative estimate of drug-likeness (QED) is 0.0499. The average Bonchev–Trinajstić information content (AvgIpc) is 1.37. The minimum atomic E-state index is 0.115. The van der Waals surface area contributed by atoms with Crippen molar-refractivity contribution in [2.24, 2.45) is 0 Å². The lowest BCUT2D eigenvalue weighted by atomic mass is 9.87. The molecule has 0 aliphatic carbocycles. The monoisotopic (exact) mass is 1620 g/mol. The molecule has 0 fully saturated rings. The molecule has 0 radical (unpaired) electrons. The molecule has 10 heterocycles. The van der Waals surface area contributed by atoms with Crippen molar-refractivity contribution in [1.29, 1.82) is 0 Å². The summed E-state index contributed by atoms with van der Waals surface area (Å²) in [7, 11) is 0. The first-order chi connectivity index (χ1) is 53.4. The van der Waals surface area contributed by atoms with Gasteiger partial charge in [0.25, 0.3) is 0 Å². The lowest BCUT2D eigenvalue weighted by Gasteiger charge is -2.27. The van der Waals surface area contributed by atoms with E-state index < -0.39 is 0 Å². The molecule has 110 heavy (non-hydrogen) atoms. The summed E-state index contributed by atoms with van der Waals surface area (Å²) >= 11 is 19.1. The molecule has 10 aromatic heterocycles. The minimum Gasteiger partial charge on any atom is -0.311 e. The topological polar surface area (TPSA) is 6.48 Å². The van der Waals surface area contributed by atoms with Crippen LogP contribution in [0, 0.1) is 13.8 Å². The summed E-state index contributed by atoms with van der Waals surface area (Å²) < 4.78 is 0. The van der Waals surface area contributed by atoms with Gasteiger partial charge in [0.2, 0.25) is 0 Å². The molecule has 2 nitrogen and oxygen atoms in total. The number of benzene rings is 6. The van der Waals surface area contributed by atoms with E-state index in [1.165, 1.54) is 195 Å². The molecular formula is C98H94N2S10. The van der Waals surface area contributed by atoms with E-state index in [9.17, 15) is 0 Å². The Morgan fingerprint density at radius 3 is 0.645 bits per heavy atom. The van der Waals surface area contributed by atoms with Crippen LogP contribution in [-0.2, 0) is 23.7 Å². The fourth-order valence-electron chi connectivity index (χ4n) is 13.7. The number of unbranched alkanes of at least 4 members (excludes halogenated alkanes) is 6. The largest absolute Gasteiger partial charge is 0.311 e. The Labute approximate surface area is 692 Å². The predicted octanol–water partition coefficient (Wildman–Crippen LogP) is 35.1. The van der Waals surface area contributed by atoms with E-state index in [2.05, 4.69) is 346 Å². The first-order valence-corrected chi connectivity index (χ1v) is 46.7. The third kappa shape index (κ3) is 18.5. The maximum atomic E-state index is 2.35. The third-order valence-corrected chi connectivity index (χ3v) is 32.7. The smallest absolute Gasteiger partial charge is 0.0462 e. The van der Waals surface area contributed by atoms with Crippen molar-refractivity contribution in [3.63, 3.8) is 0 Å². The normalized spacial score (nSPS) is 11.7. The van der Waals surface area contributed by atoms with Crippen LogP contribution >= 0.6 is 113 Å². The van der Waals surface area contributed by atoms with Gasteiger partial charge in [0.15, 0.2) is 0 Å². The molecule has 0 saturated carbocycles. The van der Waals surface area contributed by atoms with Crippen molar-refractivity contribution < 1.29 is 0 Å². The number of thiophene rings is 10. The number of anilines is 6. The van der Waals surface area contributed by atoms with Crippen LogP contribution in [0.15, 0.2) is 267 Å². The Balaban J connectivity index is 0.000000175. The van der Waals surface area contributed by atoms with Gasteiger partial charge in [-0.1, -0.05) is 178 Å². The van der Waals surface area contributed by atoms with Crippen LogP contribution in [0.4, 0.5) is 34.1 Å². The van der Waals surface area contributed by atoms with Gasteiger partial charge in [0.1, 0.15) is 0 Å². The summed E-state index contributed by atoms with van der Waals surface area (Å²) in [5.74, 6) is 0. The molecule has 0 atom stereocenters. The van der Waals surface area contributed by atoms with Gasteiger partial charge in [-0.2, -0.15) is 0 Å². The number of nitrogens with zero attached hydrogens (tertiary/aromatic N) is 2. The van der Waals surface area contributed by atoms with E-state index in [1.54, 1.807) is 0 Å². The van der Waals surface area contributed by atoms with Crippen LogP contribution in [0.25, 0.3) is 98.9 Å². The van der Waals surface area contributed by atoms with Crippen LogP contribution in [0.3, 0.4) is 0 Å². The van der Waals surface area contributed by atoms with Crippen molar-refractivity contribution >= 4 is 147 Å². The Bertz CT molecular complexity index is 5260. The van der Waals surface area contributed by atoms with E-state index in [0.717, 1.165) is 34.1 Å². The molecule has 0 bridgehead atoms. The second-order valence-electron chi connectivity index (χ2n) is 30.5. The first kappa shape index (κ1) is 77.2. The fraction of sp³-hybridized carbons (Fsp3) is 0.224. The molecule has 6 aromatic carbocycles. The average molecular weight is 1620 g/mol. The summed E-state index contributed by atoms with van der Waals surface area (Å²) in [6.45, 7) is 22.4. The van der Waals surface area contributed by atoms with Gasteiger partial charge < -0.3 is 9.80 Å². The standard InChI is InChI=1S/2C49H47NS5/c2*1-6-7-8-9-10-39-23-24-41(51-39)42-27-28-45(53-42)46-31-32-48(55-46)47-30-29-44(54-47)43-26-25-40(52-43)34-13-19-37(20-14-34)50(36-17-11-33(2)12-18-36)38-21-15-35(16-22-38)49(3,4)5/h2*11-32H,6-10H2,1-5H3. The molecule has 0 unspecified atom stereocenters. The number of hydrogen-bond donors (Lipinski definition) is 0. The fourth-order valence-corrected chi connectivity index (χ4v) is 24.5. The van der Waals surface area contributed by atoms with E-state index in [1.807, 2.05) is 113 Å². The molecule has 0 amide bonds. The van der Waals surface area contributed by atoms with Crippen LogP contribution in [0.2, 0.25) is 0 Å². The zero-order chi connectivity index (χ0) is 75.9. The highest BCUT2D eigenvalue weighted by molar-refractivity contribution is 7.31. The van der Waals surface area contributed by atoms with Gasteiger partial charge in [-0.05, 0) is 267 Å². The Kier molecular flexibility index (Phi) is 24.5. The molecule has 0 spiro atoms. The number of rotatable bonds is 26. The van der Waals surface area contributed by atoms with Gasteiger partial charge in [-0.25, -0.2) is 0 Å². The molecular weight excluding hydrogens is 1530 g/mol. The van der Waals surface area contributed by atoms with Crippen molar-refractivity contribution in [3.8, 4) is 98.9 Å². The molecule has 0 aliphatic rings. The lowest BCUT2D eigenvalue weighted by Crippen LogP contribution is -2.13. The summed E-state index contributed by atoms with van der Waals surface area (Å²) in [5, 5.41) is 0. The Morgan fingerprint density at radius 2 is 0.409 bits per heavy atom. The van der Waals surface area contributed by atoms with E-state index in [0.29, 0.717) is 0 Å². The molecule has 16 rings (SSSR count). The van der Waals surface area contributed by atoms with Crippen LogP contribution in [0.5, 0.6) is 0 Å². The van der Waals surface area contributed by atoms with Gasteiger partial charge in [-0.15, -0.1) is 113 Å². The lowest BCUT2D eigenvalue weighted by molar-refractivity contribution is 0.590. The number of hydrogen-bond acceptors (Lipinski definition) is 12. The summed E-state index contributed by atoms with van der Waals surface area (Å²) in [6.07, 6.45) is 13.0. The predicted molar refractivity (Wildman–Crippen MR) is 498 cm³/mol. The summed E-state index contributed by atoms with van der Waals surface area (Å²) in [5.41, 5.74) is 14.9. The van der Waals surface area contributed by atoms with Crippen molar-refractivity contribution in [1.82, 2.24) is 0 Å². The van der Waals surface area contributed by atoms with E-state index in [-0.39, 0.29) is 10.8 Å². The van der Waals surface area contributed by atoms with Crippen LogP contribution in [-0.4, -0.2) is 0 Å². The zero-order valence-corrected chi connectivity index (χ0v) is 72.6. The maximum absolute atomic E-state index is 2.35. The maximum Gasteiger partial charge on any atom is 0.0462 e. The summed E-state index contributed by atoms with van der Waals surface area (Å²) in [4.78, 5) is 31.9. The van der Waals surface area contributed by atoms with Gasteiger partial charge in [0, 0.05) is 132 Å². The highest BCUT2D eigenvalue weighted by Crippen LogP contribution is 2.50. The Hall–Kier alpha value is -8.08. The molecule has 556 valence electrons. The number of aryl methyl sites for hydroxylation is 4. The minimum absolute atomic E-state index is 0.115. The first-order valence-electron chi connectivity index (χ1n) is 38.6. The van der Waals surface area contributed by atoms with Crippen LogP contribution in [0.1, 0.15) is 139 Å². The highest BCUT2D eigenvalue weighted by Gasteiger charge is 2.22. The van der Waals surface area contributed by atoms with Gasteiger partial charge in [-0.3, -0.25) is 0 Å². The van der Waals surface area contributed by atoms with E-state index in [4.69, 9.17) is 0 Å². The van der Waals surface area contributed by atoms with Crippen molar-refractivity contribution in [3.05, 3.63) is 299 Å². The summed E-state index contributed by atoms with van der Waals surface area (Å²) in [6, 6.07) is 99.9. The van der Waals surface area contributed by atoms with Crippen LogP contribution < -0.4 is 9.80 Å². The molecule has 0 saturated heterocycles. The molecule has 0 aliphatic heterocycles. The van der Waals surface area contributed by atoms with Gasteiger partial charge >= 0.3 is 0 Å². The molecule has 16 aromatic rings. The third-order valence-electron chi connectivity index (χ3n) is 20.1.